The lowest BCUT2D eigenvalue weighted by Crippen LogP contribution is -2.17. The fourth-order valence-corrected chi connectivity index (χ4v) is 3.25. The number of para-hydroxylation sites is 1. The Hall–Kier alpha value is -3.20. The zero-order valence-corrected chi connectivity index (χ0v) is 16.3. The SMILES string of the molecule is COc1cc(C2Nc3ccccc3-c3nnc(SC)nc3O2)cc(OC)c1O. The molecule has 0 radical (unpaired) electrons. The van der Waals surface area contributed by atoms with Gasteiger partial charge in [0.25, 0.3) is 0 Å². The smallest absolute Gasteiger partial charge is 0.247 e. The van der Waals surface area contributed by atoms with Gasteiger partial charge in [-0.1, -0.05) is 30.0 Å². The molecule has 0 fully saturated rings. The predicted molar refractivity (Wildman–Crippen MR) is 105 cm³/mol. The van der Waals surface area contributed by atoms with Crippen molar-refractivity contribution in [2.45, 2.75) is 11.4 Å². The molecule has 0 aliphatic carbocycles. The van der Waals surface area contributed by atoms with Crippen LogP contribution in [0.15, 0.2) is 41.6 Å². The van der Waals surface area contributed by atoms with Gasteiger partial charge < -0.3 is 24.6 Å². The van der Waals surface area contributed by atoms with Crippen LogP contribution in [0, 0.1) is 0 Å². The summed E-state index contributed by atoms with van der Waals surface area (Å²) in [5, 5.41) is 22.5. The van der Waals surface area contributed by atoms with Gasteiger partial charge in [0.2, 0.25) is 16.8 Å². The molecule has 3 aromatic rings. The number of rotatable bonds is 4. The molecule has 2 heterocycles. The number of nitrogens with one attached hydrogen (secondary N) is 1. The van der Waals surface area contributed by atoms with E-state index in [9.17, 15) is 5.11 Å². The minimum atomic E-state index is -0.614. The monoisotopic (exact) mass is 398 g/mol. The van der Waals surface area contributed by atoms with Crippen molar-refractivity contribution in [3.05, 3.63) is 42.0 Å². The topological polar surface area (TPSA) is 98.6 Å². The van der Waals surface area contributed by atoms with Gasteiger partial charge in [-0.25, -0.2) is 0 Å². The maximum absolute atomic E-state index is 10.2. The van der Waals surface area contributed by atoms with E-state index in [-0.39, 0.29) is 17.2 Å². The third-order valence-corrected chi connectivity index (χ3v) is 4.86. The summed E-state index contributed by atoms with van der Waals surface area (Å²) in [5.41, 5.74) is 2.91. The molecule has 4 rings (SSSR count). The molecule has 1 aliphatic rings. The Balaban J connectivity index is 1.86. The van der Waals surface area contributed by atoms with Crippen molar-refractivity contribution in [2.75, 3.05) is 25.8 Å². The van der Waals surface area contributed by atoms with Gasteiger partial charge in [0.05, 0.1) is 14.2 Å². The van der Waals surface area contributed by atoms with Crippen molar-refractivity contribution >= 4 is 17.4 Å². The third kappa shape index (κ3) is 3.13. The molecule has 0 bridgehead atoms. The van der Waals surface area contributed by atoms with Gasteiger partial charge in [0.1, 0.15) is 0 Å². The number of phenols is 1. The lowest BCUT2D eigenvalue weighted by molar-refractivity contribution is 0.223. The molecule has 2 aromatic carbocycles. The number of nitrogens with zero attached hydrogens (tertiary/aromatic N) is 3. The summed E-state index contributed by atoms with van der Waals surface area (Å²) in [4.78, 5) is 4.48. The van der Waals surface area contributed by atoms with Gasteiger partial charge in [-0.2, -0.15) is 4.98 Å². The largest absolute Gasteiger partial charge is 0.502 e. The van der Waals surface area contributed by atoms with Gasteiger partial charge in [-0.15, -0.1) is 10.2 Å². The number of benzene rings is 2. The Morgan fingerprint density at radius 3 is 2.50 bits per heavy atom. The molecule has 1 aliphatic heterocycles. The fourth-order valence-electron chi connectivity index (χ4n) is 2.95. The van der Waals surface area contributed by atoms with E-state index in [1.165, 1.54) is 26.0 Å². The van der Waals surface area contributed by atoms with Crippen LogP contribution in [0.25, 0.3) is 11.3 Å². The molecular weight excluding hydrogens is 380 g/mol. The molecule has 0 saturated heterocycles. The van der Waals surface area contributed by atoms with Crippen LogP contribution in [0.1, 0.15) is 11.8 Å². The van der Waals surface area contributed by atoms with E-state index < -0.39 is 6.23 Å². The first-order valence-corrected chi connectivity index (χ1v) is 9.63. The van der Waals surface area contributed by atoms with Crippen molar-refractivity contribution in [1.29, 1.82) is 0 Å². The number of methoxy groups -OCH3 is 2. The molecule has 144 valence electrons. The number of anilines is 1. The van der Waals surface area contributed by atoms with E-state index in [1.807, 2.05) is 30.5 Å². The lowest BCUT2D eigenvalue weighted by atomic mass is 10.1. The summed E-state index contributed by atoms with van der Waals surface area (Å²) in [6.45, 7) is 0. The van der Waals surface area contributed by atoms with Crippen LogP contribution >= 0.6 is 11.8 Å². The molecule has 0 saturated carbocycles. The van der Waals surface area contributed by atoms with E-state index in [4.69, 9.17) is 14.2 Å². The molecule has 0 spiro atoms. The normalized spacial score (nSPS) is 14.8. The molecule has 8 nitrogen and oxygen atoms in total. The Morgan fingerprint density at radius 2 is 1.82 bits per heavy atom. The van der Waals surface area contributed by atoms with E-state index >= 15 is 0 Å². The van der Waals surface area contributed by atoms with E-state index in [1.54, 1.807) is 12.1 Å². The summed E-state index contributed by atoms with van der Waals surface area (Å²) in [6, 6.07) is 11.1. The Labute approximate surface area is 165 Å². The summed E-state index contributed by atoms with van der Waals surface area (Å²) < 4.78 is 16.7. The Kier molecular flexibility index (Phi) is 4.82. The van der Waals surface area contributed by atoms with Gasteiger partial charge in [-0.3, -0.25) is 0 Å². The van der Waals surface area contributed by atoms with Gasteiger partial charge in [0, 0.05) is 16.8 Å². The first-order valence-electron chi connectivity index (χ1n) is 8.40. The second kappa shape index (κ2) is 7.43. The number of phenolic OH excluding ortho intramolecular Hbond substituents is 1. The van der Waals surface area contributed by atoms with Crippen molar-refractivity contribution in [3.8, 4) is 34.4 Å². The maximum Gasteiger partial charge on any atom is 0.247 e. The van der Waals surface area contributed by atoms with Crippen molar-refractivity contribution in [2.24, 2.45) is 0 Å². The highest BCUT2D eigenvalue weighted by Gasteiger charge is 2.27. The molecule has 9 heteroatoms. The number of ether oxygens (including phenoxy) is 3. The fraction of sp³-hybridized carbons (Fsp3) is 0.211. The highest BCUT2D eigenvalue weighted by Crippen LogP contribution is 2.43. The highest BCUT2D eigenvalue weighted by molar-refractivity contribution is 7.98. The van der Waals surface area contributed by atoms with Crippen LogP contribution < -0.4 is 19.5 Å². The average molecular weight is 398 g/mol. The van der Waals surface area contributed by atoms with Crippen molar-refractivity contribution in [3.63, 3.8) is 0 Å². The zero-order valence-electron chi connectivity index (χ0n) is 15.5. The van der Waals surface area contributed by atoms with Gasteiger partial charge in [0.15, 0.2) is 23.4 Å². The molecule has 1 atom stereocenters. The van der Waals surface area contributed by atoms with E-state index in [0.29, 0.717) is 22.3 Å². The van der Waals surface area contributed by atoms with Crippen LogP contribution in [0.5, 0.6) is 23.1 Å². The quantitative estimate of drug-likeness (QED) is 0.640. The molecule has 1 unspecified atom stereocenters. The number of thioether (sulfide) groups is 1. The number of hydrogen-bond acceptors (Lipinski definition) is 9. The van der Waals surface area contributed by atoms with Crippen LogP contribution in [-0.4, -0.2) is 40.8 Å². The molecule has 1 aromatic heterocycles. The summed E-state index contributed by atoms with van der Waals surface area (Å²) in [5.74, 6) is 0.857. The van der Waals surface area contributed by atoms with Gasteiger partial charge in [-0.05, 0) is 24.5 Å². The van der Waals surface area contributed by atoms with Crippen LogP contribution in [0.2, 0.25) is 0 Å². The number of aromatic hydroxyl groups is 1. The minimum Gasteiger partial charge on any atom is -0.502 e. The summed E-state index contributed by atoms with van der Waals surface area (Å²) in [7, 11) is 2.96. The number of hydrogen-bond donors (Lipinski definition) is 2. The summed E-state index contributed by atoms with van der Waals surface area (Å²) >= 11 is 1.38. The molecular formula is C19H18N4O4S. The number of fused-ring (bicyclic) bond motifs is 3. The zero-order chi connectivity index (χ0) is 19.7. The van der Waals surface area contributed by atoms with Crippen LogP contribution in [0.3, 0.4) is 0 Å². The first kappa shape index (κ1) is 18.2. The second-order valence-corrected chi connectivity index (χ2v) is 6.69. The molecule has 2 N–H and O–H groups in total. The Bertz CT molecular complexity index is 1010. The standard InChI is InChI=1S/C19H18N4O4S/c1-25-13-8-10(9-14(26-2)16(13)24)17-20-12-7-5-4-6-11(12)15-18(27-17)21-19(28-3)23-22-15/h4-9,17,20,24H,1-3H3. The Morgan fingerprint density at radius 1 is 1.11 bits per heavy atom. The first-order chi connectivity index (χ1) is 13.6. The van der Waals surface area contributed by atoms with Crippen molar-refractivity contribution in [1.82, 2.24) is 15.2 Å². The lowest BCUT2D eigenvalue weighted by Gasteiger charge is -2.21. The number of aromatic nitrogens is 3. The van der Waals surface area contributed by atoms with Crippen LogP contribution in [0.4, 0.5) is 5.69 Å². The second-order valence-electron chi connectivity index (χ2n) is 5.91. The molecule has 28 heavy (non-hydrogen) atoms. The predicted octanol–water partition coefficient (Wildman–Crippen LogP) is 3.49. The van der Waals surface area contributed by atoms with Gasteiger partial charge >= 0.3 is 0 Å². The van der Waals surface area contributed by atoms with Crippen LogP contribution in [-0.2, 0) is 0 Å². The summed E-state index contributed by atoms with van der Waals surface area (Å²) in [6.07, 6.45) is 1.26. The third-order valence-electron chi connectivity index (χ3n) is 4.32. The molecule has 0 amide bonds. The highest BCUT2D eigenvalue weighted by atomic mass is 32.2. The van der Waals surface area contributed by atoms with Crippen molar-refractivity contribution < 1.29 is 19.3 Å². The average Bonchev–Trinajstić information content (AvgIpc) is 2.90. The maximum atomic E-state index is 10.2. The van der Waals surface area contributed by atoms with E-state index in [0.717, 1.165) is 11.3 Å². The van der Waals surface area contributed by atoms with E-state index in [2.05, 4.69) is 20.5 Å². The minimum absolute atomic E-state index is 0.0724.